The highest BCUT2D eigenvalue weighted by Crippen LogP contribution is 2.12. The molecular formula is C15H14FN3. The van der Waals surface area contributed by atoms with E-state index in [4.69, 9.17) is 5.26 Å². The van der Waals surface area contributed by atoms with Crippen molar-refractivity contribution in [2.24, 2.45) is 0 Å². The van der Waals surface area contributed by atoms with Crippen molar-refractivity contribution >= 4 is 5.69 Å². The van der Waals surface area contributed by atoms with Crippen molar-refractivity contribution in [1.82, 2.24) is 4.98 Å². The van der Waals surface area contributed by atoms with Crippen molar-refractivity contribution in [3.05, 3.63) is 59.7 Å². The fraction of sp³-hybridized carbons (Fsp3) is 0.200. The Morgan fingerprint density at radius 1 is 1.32 bits per heavy atom. The second-order valence-corrected chi connectivity index (χ2v) is 4.42. The maximum absolute atomic E-state index is 12.8. The number of hydrogen-bond donors (Lipinski definition) is 1. The van der Waals surface area contributed by atoms with E-state index in [-0.39, 0.29) is 11.9 Å². The highest BCUT2D eigenvalue weighted by molar-refractivity contribution is 5.46. The Hall–Kier alpha value is -2.41. The third-order valence-corrected chi connectivity index (χ3v) is 2.74. The molecule has 2 rings (SSSR count). The molecule has 1 heterocycles. The maximum atomic E-state index is 12.8. The quantitative estimate of drug-likeness (QED) is 0.913. The lowest BCUT2D eigenvalue weighted by Gasteiger charge is -2.15. The molecule has 1 aromatic heterocycles. The van der Waals surface area contributed by atoms with Crippen molar-refractivity contribution in [3.63, 3.8) is 0 Å². The van der Waals surface area contributed by atoms with Crippen LogP contribution in [0.15, 0.2) is 42.6 Å². The molecule has 0 aliphatic rings. The zero-order valence-corrected chi connectivity index (χ0v) is 10.6. The molecule has 0 saturated carbocycles. The summed E-state index contributed by atoms with van der Waals surface area (Å²) in [5.41, 5.74) is 2.32. The number of hydrogen-bond acceptors (Lipinski definition) is 3. The Morgan fingerprint density at radius 2 is 2.05 bits per heavy atom. The van der Waals surface area contributed by atoms with Gasteiger partial charge in [0.25, 0.3) is 0 Å². The standard InChI is InChI=1S/C15H14FN3/c1-11(8-12-2-4-13(16)5-3-12)19-14-6-7-18-15(9-14)10-17/h2-7,9,11H,8H2,1H3,(H,18,19). The van der Waals surface area contributed by atoms with Gasteiger partial charge in [0.05, 0.1) is 0 Å². The lowest BCUT2D eigenvalue weighted by atomic mass is 10.1. The predicted molar refractivity (Wildman–Crippen MR) is 72.1 cm³/mol. The molecule has 0 bridgehead atoms. The SMILES string of the molecule is CC(Cc1ccc(F)cc1)Nc1ccnc(C#N)c1. The Balaban J connectivity index is 1.99. The number of pyridine rings is 1. The maximum Gasteiger partial charge on any atom is 0.142 e. The first kappa shape index (κ1) is 13.0. The molecule has 0 spiro atoms. The van der Waals surface area contributed by atoms with Gasteiger partial charge in [-0.25, -0.2) is 9.37 Å². The minimum Gasteiger partial charge on any atom is -0.382 e. The van der Waals surface area contributed by atoms with Crippen molar-refractivity contribution in [2.75, 3.05) is 5.32 Å². The van der Waals surface area contributed by atoms with Crippen LogP contribution in [0.3, 0.4) is 0 Å². The van der Waals surface area contributed by atoms with Crippen LogP contribution in [-0.4, -0.2) is 11.0 Å². The summed E-state index contributed by atoms with van der Waals surface area (Å²) in [5.74, 6) is -0.225. The van der Waals surface area contributed by atoms with Crippen molar-refractivity contribution < 1.29 is 4.39 Å². The van der Waals surface area contributed by atoms with Crippen LogP contribution in [0.4, 0.5) is 10.1 Å². The van der Waals surface area contributed by atoms with Gasteiger partial charge in [-0.15, -0.1) is 0 Å². The Bertz CT molecular complexity index is 587. The molecule has 2 aromatic rings. The fourth-order valence-corrected chi connectivity index (χ4v) is 1.89. The van der Waals surface area contributed by atoms with E-state index in [1.807, 2.05) is 19.1 Å². The molecular weight excluding hydrogens is 241 g/mol. The van der Waals surface area contributed by atoms with Crippen molar-refractivity contribution in [3.8, 4) is 6.07 Å². The first-order valence-electron chi connectivity index (χ1n) is 6.04. The van der Waals surface area contributed by atoms with E-state index in [0.29, 0.717) is 5.69 Å². The average Bonchev–Trinajstić information content (AvgIpc) is 2.41. The van der Waals surface area contributed by atoms with E-state index in [9.17, 15) is 4.39 Å². The summed E-state index contributed by atoms with van der Waals surface area (Å²) < 4.78 is 12.8. The van der Waals surface area contributed by atoms with Crippen LogP contribution in [0.25, 0.3) is 0 Å². The number of aromatic nitrogens is 1. The van der Waals surface area contributed by atoms with E-state index in [0.717, 1.165) is 17.7 Å². The average molecular weight is 255 g/mol. The van der Waals surface area contributed by atoms with Gasteiger partial charge in [0.2, 0.25) is 0 Å². The zero-order chi connectivity index (χ0) is 13.7. The van der Waals surface area contributed by atoms with Gasteiger partial charge in [-0.2, -0.15) is 5.26 Å². The van der Waals surface area contributed by atoms with E-state index in [1.165, 1.54) is 12.1 Å². The summed E-state index contributed by atoms with van der Waals surface area (Å²) in [4.78, 5) is 3.92. The molecule has 3 nitrogen and oxygen atoms in total. The number of nitriles is 1. The Kier molecular flexibility index (Phi) is 4.09. The number of nitrogens with one attached hydrogen (secondary N) is 1. The minimum absolute atomic E-state index is 0.180. The highest BCUT2D eigenvalue weighted by atomic mass is 19.1. The minimum atomic E-state index is -0.225. The van der Waals surface area contributed by atoms with E-state index >= 15 is 0 Å². The largest absolute Gasteiger partial charge is 0.382 e. The second-order valence-electron chi connectivity index (χ2n) is 4.42. The van der Waals surface area contributed by atoms with Crippen LogP contribution in [-0.2, 0) is 6.42 Å². The normalized spacial score (nSPS) is 11.6. The molecule has 19 heavy (non-hydrogen) atoms. The number of anilines is 1. The third-order valence-electron chi connectivity index (χ3n) is 2.74. The summed E-state index contributed by atoms with van der Waals surface area (Å²) in [7, 11) is 0. The molecule has 0 fully saturated rings. The summed E-state index contributed by atoms with van der Waals surface area (Å²) in [6.07, 6.45) is 2.38. The molecule has 1 aromatic carbocycles. The van der Waals surface area contributed by atoms with E-state index in [1.54, 1.807) is 24.4 Å². The molecule has 0 aliphatic carbocycles. The smallest absolute Gasteiger partial charge is 0.142 e. The highest BCUT2D eigenvalue weighted by Gasteiger charge is 2.04. The van der Waals surface area contributed by atoms with Gasteiger partial charge in [0.15, 0.2) is 0 Å². The second kappa shape index (κ2) is 5.96. The molecule has 4 heteroatoms. The molecule has 1 N–H and O–H groups in total. The molecule has 0 radical (unpaired) electrons. The summed E-state index contributed by atoms with van der Waals surface area (Å²) in [6.45, 7) is 2.04. The summed E-state index contributed by atoms with van der Waals surface area (Å²) in [6, 6.07) is 12.2. The van der Waals surface area contributed by atoms with E-state index < -0.39 is 0 Å². The lowest BCUT2D eigenvalue weighted by molar-refractivity contribution is 0.626. The molecule has 96 valence electrons. The van der Waals surface area contributed by atoms with Gasteiger partial charge < -0.3 is 5.32 Å². The van der Waals surface area contributed by atoms with E-state index in [2.05, 4.69) is 10.3 Å². The number of nitrogens with zero attached hydrogens (tertiary/aromatic N) is 2. The Morgan fingerprint density at radius 3 is 2.74 bits per heavy atom. The number of halogens is 1. The molecule has 0 saturated heterocycles. The Labute approximate surface area is 111 Å². The van der Waals surface area contributed by atoms with Gasteiger partial charge in [-0.05, 0) is 43.2 Å². The molecule has 1 atom stereocenters. The molecule has 1 unspecified atom stereocenters. The van der Waals surface area contributed by atoms with Crippen LogP contribution in [0.1, 0.15) is 18.2 Å². The van der Waals surface area contributed by atoms with Crippen LogP contribution < -0.4 is 5.32 Å². The first-order valence-corrected chi connectivity index (χ1v) is 6.04. The summed E-state index contributed by atoms with van der Waals surface area (Å²) >= 11 is 0. The van der Waals surface area contributed by atoms with Crippen LogP contribution in [0.5, 0.6) is 0 Å². The van der Waals surface area contributed by atoms with Gasteiger partial charge in [-0.3, -0.25) is 0 Å². The van der Waals surface area contributed by atoms with Gasteiger partial charge in [0.1, 0.15) is 17.6 Å². The lowest BCUT2D eigenvalue weighted by Crippen LogP contribution is -2.18. The predicted octanol–water partition coefficient (Wildman–Crippen LogP) is 3.14. The van der Waals surface area contributed by atoms with Gasteiger partial charge in [0, 0.05) is 17.9 Å². The number of rotatable bonds is 4. The van der Waals surface area contributed by atoms with Crippen LogP contribution in [0, 0.1) is 17.1 Å². The molecule has 0 amide bonds. The van der Waals surface area contributed by atoms with Crippen LogP contribution in [0.2, 0.25) is 0 Å². The van der Waals surface area contributed by atoms with Gasteiger partial charge >= 0.3 is 0 Å². The summed E-state index contributed by atoms with van der Waals surface area (Å²) in [5, 5.41) is 12.1. The monoisotopic (exact) mass is 255 g/mol. The van der Waals surface area contributed by atoms with Crippen molar-refractivity contribution in [2.45, 2.75) is 19.4 Å². The van der Waals surface area contributed by atoms with Gasteiger partial charge in [-0.1, -0.05) is 12.1 Å². The topological polar surface area (TPSA) is 48.7 Å². The van der Waals surface area contributed by atoms with Crippen LogP contribution >= 0.6 is 0 Å². The zero-order valence-electron chi connectivity index (χ0n) is 10.6. The first-order chi connectivity index (χ1) is 9.17. The third kappa shape index (κ3) is 3.78. The fourth-order valence-electron chi connectivity index (χ4n) is 1.89. The number of benzene rings is 1. The van der Waals surface area contributed by atoms with Crippen molar-refractivity contribution in [1.29, 1.82) is 5.26 Å². The molecule has 0 aliphatic heterocycles.